The maximum Gasteiger partial charge on any atom is 0.415 e. The normalized spacial score (nSPS) is 15.0. The molecule has 13 nitrogen and oxygen atoms in total. The van der Waals surface area contributed by atoms with Crippen molar-refractivity contribution < 1.29 is 60.7 Å². The van der Waals surface area contributed by atoms with Gasteiger partial charge in [0.15, 0.2) is 5.82 Å². The summed E-state index contributed by atoms with van der Waals surface area (Å²) in [6.45, 7) is 13.3. The van der Waals surface area contributed by atoms with Gasteiger partial charge >= 0.3 is 18.2 Å². The highest BCUT2D eigenvalue weighted by molar-refractivity contribution is 5.93. The Bertz CT molecular complexity index is 1580. The van der Waals surface area contributed by atoms with Gasteiger partial charge in [0.05, 0.1) is 31.5 Å². The van der Waals surface area contributed by atoms with Crippen LogP contribution in [0.4, 0.5) is 34.1 Å². The van der Waals surface area contributed by atoms with Crippen LogP contribution in [0.25, 0.3) is 0 Å². The van der Waals surface area contributed by atoms with E-state index in [1.165, 1.54) is 18.1 Å². The number of nitrogens with one attached hydrogen (secondary N) is 1. The number of methoxy groups -OCH3 is 1. The fraction of sp³-hybridized carbons (Fsp3) is 0.615. The number of fused-ring (bicyclic) bond motifs is 1. The van der Waals surface area contributed by atoms with E-state index in [0.717, 1.165) is 10.5 Å². The number of anilines is 2. The molecule has 308 valence electrons. The molecule has 2 aromatic carbocycles. The quantitative estimate of drug-likeness (QED) is 0.0748. The molecule has 2 aromatic rings. The molecule has 0 radical (unpaired) electrons. The van der Waals surface area contributed by atoms with Crippen LogP contribution in [-0.4, -0.2) is 105 Å². The molecule has 3 rings (SSSR count). The van der Waals surface area contributed by atoms with E-state index in [9.17, 15) is 23.2 Å². The van der Waals surface area contributed by atoms with Crippen molar-refractivity contribution in [3.05, 3.63) is 53.3 Å². The zero-order valence-corrected chi connectivity index (χ0v) is 33.5. The van der Waals surface area contributed by atoms with Crippen LogP contribution >= 0.6 is 0 Å². The number of hydrogen-bond donors (Lipinski definition) is 1. The first kappa shape index (κ1) is 45.1. The Morgan fingerprint density at radius 3 is 2.15 bits per heavy atom. The van der Waals surface area contributed by atoms with Gasteiger partial charge < -0.3 is 43.4 Å². The van der Waals surface area contributed by atoms with Crippen molar-refractivity contribution in [2.75, 3.05) is 57.0 Å². The number of benzene rings is 2. The second-order valence-corrected chi connectivity index (χ2v) is 15.9. The fourth-order valence-electron chi connectivity index (χ4n) is 5.41. The number of nitrogens with zero attached hydrogens (tertiary/aromatic N) is 2. The molecule has 55 heavy (non-hydrogen) atoms. The van der Waals surface area contributed by atoms with E-state index in [4.69, 9.17) is 33.2 Å². The van der Waals surface area contributed by atoms with Crippen molar-refractivity contribution in [3.8, 4) is 5.75 Å². The highest BCUT2D eigenvalue weighted by Gasteiger charge is 2.42. The van der Waals surface area contributed by atoms with Crippen molar-refractivity contribution in [3.63, 3.8) is 0 Å². The molecular weight excluding hydrogens is 727 g/mol. The van der Waals surface area contributed by atoms with Gasteiger partial charge in [-0.05, 0) is 67.9 Å². The molecule has 0 aromatic heterocycles. The summed E-state index contributed by atoms with van der Waals surface area (Å²) in [6, 6.07) is 9.49. The molecule has 0 fully saturated rings. The molecule has 1 unspecified atom stereocenters. The minimum absolute atomic E-state index is 0.00662. The number of alkyl halides is 2. The molecule has 2 amide bonds. The average molecular weight is 784 g/mol. The Labute approximate surface area is 321 Å². The molecule has 0 aliphatic carbocycles. The Morgan fingerprint density at radius 2 is 1.56 bits per heavy atom. The summed E-state index contributed by atoms with van der Waals surface area (Å²) in [6.07, 6.45) is -6.88. The minimum Gasteiger partial charge on any atom is -0.487 e. The van der Waals surface area contributed by atoms with E-state index in [2.05, 4.69) is 5.32 Å². The van der Waals surface area contributed by atoms with Gasteiger partial charge in [-0.15, -0.1) is 0 Å². The topological polar surface area (TPSA) is 134 Å². The average Bonchev–Trinajstić information content (AvgIpc) is 3.42. The van der Waals surface area contributed by atoms with Crippen molar-refractivity contribution in [2.24, 2.45) is 0 Å². The number of carbonyl (C=O) groups is 3. The van der Waals surface area contributed by atoms with Crippen LogP contribution in [0.15, 0.2) is 36.4 Å². The van der Waals surface area contributed by atoms with Crippen LogP contribution in [0.5, 0.6) is 5.75 Å². The van der Waals surface area contributed by atoms with Crippen molar-refractivity contribution in [1.82, 2.24) is 4.90 Å². The number of halogens is 3. The lowest BCUT2D eigenvalue weighted by Gasteiger charge is -2.35. The molecule has 0 bridgehead atoms. The van der Waals surface area contributed by atoms with Gasteiger partial charge in [-0.2, -0.15) is 0 Å². The van der Waals surface area contributed by atoms with E-state index in [1.807, 2.05) is 30.3 Å². The van der Waals surface area contributed by atoms with E-state index < -0.39 is 79.2 Å². The molecule has 16 heteroatoms. The summed E-state index contributed by atoms with van der Waals surface area (Å²) < 4.78 is 83.8. The van der Waals surface area contributed by atoms with Crippen LogP contribution < -0.4 is 15.0 Å². The van der Waals surface area contributed by atoms with Crippen molar-refractivity contribution in [2.45, 2.75) is 111 Å². The lowest BCUT2D eigenvalue weighted by molar-refractivity contribution is -0.152. The standard InChI is InChI=1S/C39H56F3N3O10/c1-37(2,3)53-31(46)20-43-33-29(51-23-25-14-12-11-13-15-25)19-28-27(32(33)40)18-26(45(28)36(48)55-39(7,8)9)21-44(35(47)54-38(4,5)6)22-30(34(41)42)52-24-50-17-16-49-10/h11-15,19,26,30,34,43H,16-18,20-24H2,1-10H3/t26-,30?/m1/s1. The molecule has 1 aliphatic rings. The van der Waals surface area contributed by atoms with Gasteiger partial charge in [-0.25, -0.2) is 22.8 Å². The Balaban J connectivity index is 2.08. The van der Waals surface area contributed by atoms with Crippen LogP contribution in [0.3, 0.4) is 0 Å². The van der Waals surface area contributed by atoms with Gasteiger partial charge in [0.25, 0.3) is 6.43 Å². The van der Waals surface area contributed by atoms with Gasteiger partial charge in [-0.3, -0.25) is 9.69 Å². The minimum atomic E-state index is -3.04. The van der Waals surface area contributed by atoms with E-state index >= 15 is 4.39 Å². The Morgan fingerprint density at radius 1 is 0.927 bits per heavy atom. The molecule has 1 heterocycles. The number of esters is 1. The lowest BCUT2D eigenvalue weighted by Crippen LogP contribution is -2.52. The van der Waals surface area contributed by atoms with Gasteiger partial charge in [0, 0.05) is 31.7 Å². The van der Waals surface area contributed by atoms with E-state index in [-0.39, 0.29) is 55.5 Å². The molecule has 1 N–H and O–H groups in total. The number of hydrogen-bond acceptors (Lipinski definition) is 11. The summed E-state index contributed by atoms with van der Waals surface area (Å²) in [4.78, 5) is 42.4. The first-order valence-electron chi connectivity index (χ1n) is 18.0. The van der Waals surface area contributed by atoms with Crippen LogP contribution in [-0.2, 0) is 46.2 Å². The third kappa shape index (κ3) is 14.7. The van der Waals surface area contributed by atoms with Gasteiger partial charge in [-0.1, -0.05) is 30.3 Å². The smallest absolute Gasteiger partial charge is 0.415 e. The van der Waals surface area contributed by atoms with E-state index in [0.29, 0.717) is 0 Å². The van der Waals surface area contributed by atoms with Gasteiger partial charge in [0.1, 0.15) is 54.3 Å². The third-order valence-electron chi connectivity index (χ3n) is 7.59. The highest BCUT2D eigenvalue weighted by atomic mass is 19.3. The summed E-state index contributed by atoms with van der Waals surface area (Å²) >= 11 is 0. The largest absolute Gasteiger partial charge is 0.487 e. The monoisotopic (exact) mass is 783 g/mol. The summed E-state index contributed by atoms with van der Waals surface area (Å²) in [5.41, 5.74) is -2.10. The third-order valence-corrected chi connectivity index (χ3v) is 7.59. The lowest BCUT2D eigenvalue weighted by atomic mass is 10.1. The second-order valence-electron chi connectivity index (χ2n) is 15.9. The molecule has 0 saturated heterocycles. The maximum atomic E-state index is 16.8. The second kappa shape index (κ2) is 19.5. The predicted molar refractivity (Wildman–Crippen MR) is 199 cm³/mol. The van der Waals surface area contributed by atoms with Crippen LogP contribution in [0, 0.1) is 5.82 Å². The summed E-state index contributed by atoms with van der Waals surface area (Å²) in [5, 5.41) is 2.81. The first-order valence-corrected chi connectivity index (χ1v) is 18.0. The summed E-state index contributed by atoms with van der Waals surface area (Å²) in [7, 11) is 1.46. The van der Waals surface area contributed by atoms with Crippen LogP contribution in [0.1, 0.15) is 73.4 Å². The molecular formula is C39H56F3N3O10. The molecule has 2 atom stereocenters. The fourth-order valence-corrected chi connectivity index (χ4v) is 5.41. The Kier molecular flexibility index (Phi) is 16.0. The molecule has 0 saturated carbocycles. The Hall–Kier alpha value is -4.28. The van der Waals surface area contributed by atoms with Crippen molar-refractivity contribution in [1.29, 1.82) is 0 Å². The highest BCUT2D eigenvalue weighted by Crippen LogP contribution is 2.44. The number of rotatable bonds is 17. The predicted octanol–water partition coefficient (Wildman–Crippen LogP) is 7.33. The van der Waals surface area contributed by atoms with Gasteiger partial charge in [0.2, 0.25) is 0 Å². The SMILES string of the molecule is COCCOCOC(CN(C[C@H]1Cc2c(cc(OCc3ccccc3)c(NCC(=O)OC(C)(C)C)c2F)N1C(=O)OC(C)(C)C)C(=O)OC(C)(C)C)C(F)F. The maximum absolute atomic E-state index is 16.8. The number of carbonyl (C=O) groups excluding carboxylic acids is 3. The number of amides is 2. The number of ether oxygens (including phenoxy) is 7. The zero-order valence-electron chi connectivity index (χ0n) is 33.5. The molecule has 0 spiro atoms. The summed E-state index contributed by atoms with van der Waals surface area (Å²) in [5.74, 6) is -1.50. The zero-order chi connectivity index (χ0) is 41.1. The van der Waals surface area contributed by atoms with E-state index in [1.54, 1.807) is 62.3 Å². The first-order chi connectivity index (χ1) is 25.6. The molecule has 1 aliphatic heterocycles. The van der Waals surface area contributed by atoms with Crippen molar-refractivity contribution >= 4 is 29.5 Å². The van der Waals surface area contributed by atoms with Crippen LogP contribution in [0.2, 0.25) is 0 Å².